The van der Waals surface area contributed by atoms with Gasteiger partial charge in [-0.1, -0.05) is 24.3 Å². The molecule has 21 heavy (non-hydrogen) atoms. The second kappa shape index (κ2) is 6.41. The molecular weight excluding hydrogens is 270 g/mol. The van der Waals surface area contributed by atoms with E-state index in [0.717, 1.165) is 25.2 Å². The highest BCUT2D eigenvalue weighted by atomic mass is 19.3. The zero-order valence-electron chi connectivity index (χ0n) is 12.5. The fourth-order valence-electron chi connectivity index (χ4n) is 3.49. The van der Waals surface area contributed by atoms with Crippen LogP contribution >= 0.6 is 0 Å². The molecule has 2 nitrogen and oxygen atoms in total. The first-order valence-electron chi connectivity index (χ1n) is 8.02. The van der Waals surface area contributed by atoms with Crippen LogP contribution in [-0.4, -0.2) is 37.0 Å². The monoisotopic (exact) mass is 294 g/mol. The van der Waals surface area contributed by atoms with Gasteiger partial charge in [-0.05, 0) is 55.9 Å². The number of nitrogens with one attached hydrogen (secondary N) is 1. The van der Waals surface area contributed by atoms with E-state index in [0.29, 0.717) is 18.9 Å². The number of piperidine rings is 2. The minimum absolute atomic E-state index is 0.0398. The predicted octanol–water partition coefficient (Wildman–Crippen LogP) is 3.38. The van der Waals surface area contributed by atoms with E-state index in [1.54, 1.807) is 0 Å². The summed E-state index contributed by atoms with van der Waals surface area (Å²) < 4.78 is 26.8. The van der Waals surface area contributed by atoms with Crippen molar-refractivity contribution in [3.8, 4) is 0 Å². The lowest BCUT2D eigenvalue weighted by Crippen LogP contribution is -2.41. The third-order valence-corrected chi connectivity index (χ3v) is 4.67. The molecule has 0 aromatic heterocycles. The topological polar surface area (TPSA) is 15.3 Å². The smallest absolute Gasteiger partial charge is 0.260 e. The van der Waals surface area contributed by atoms with Gasteiger partial charge in [0, 0.05) is 13.0 Å². The molecular formula is C17H24F2N2. The Morgan fingerprint density at radius 2 is 1.86 bits per heavy atom. The molecule has 0 amide bonds. The molecule has 1 aromatic carbocycles. The second-order valence-corrected chi connectivity index (χ2v) is 6.44. The molecule has 2 fully saturated rings. The quantitative estimate of drug-likeness (QED) is 0.919. The van der Waals surface area contributed by atoms with Gasteiger partial charge in [0.25, 0.3) is 5.92 Å². The highest BCUT2D eigenvalue weighted by Crippen LogP contribution is 2.28. The summed E-state index contributed by atoms with van der Waals surface area (Å²) in [5, 5.41) is 3.38. The maximum absolute atomic E-state index is 13.4. The molecule has 1 aromatic rings. The van der Waals surface area contributed by atoms with Crippen molar-refractivity contribution in [1.82, 2.24) is 10.2 Å². The predicted molar refractivity (Wildman–Crippen MR) is 80.7 cm³/mol. The van der Waals surface area contributed by atoms with Crippen LogP contribution in [0.3, 0.4) is 0 Å². The molecule has 0 saturated carbocycles. The van der Waals surface area contributed by atoms with E-state index in [4.69, 9.17) is 0 Å². The molecule has 0 aliphatic carbocycles. The lowest BCUT2D eigenvalue weighted by atomic mass is 9.90. The van der Waals surface area contributed by atoms with Gasteiger partial charge in [0.15, 0.2) is 0 Å². The third kappa shape index (κ3) is 4.01. The summed E-state index contributed by atoms with van der Waals surface area (Å²) in [5.41, 5.74) is 2.54. The van der Waals surface area contributed by atoms with Gasteiger partial charge in [-0.15, -0.1) is 0 Å². The van der Waals surface area contributed by atoms with Crippen LogP contribution in [0.4, 0.5) is 8.78 Å². The van der Waals surface area contributed by atoms with Gasteiger partial charge in [-0.2, -0.15) is 0 Å². The lowest BCUT2D eigenvalue weighted by molar-refractivity contribution is -0.0661. The summed E-state index contributed by atoms with van der Waals surface area (Å²) in [7, 11) is 0. The molecule has 116 valence electrons. The van der Waals surface area contributed by atoms with Gasteiger partial charge in [0.2, 0.25) is 0 Å². The fraction of sp³-hybridized carbons (Fsp3) is 0.647. The molecule has 0 radical (unpaired) electrons. The van der Waals surface area contributed by atoms with E-state index in [9.17, 15) is 8.78 Å². The van der Waals surface area contributed by atoms with Crippen molar-refractivity contribution in [3.05, 3.63) is 35.4 Å². The molecule has 2 heterocycles. The molecule has 2 saturated heterocycles. The Labute approximate surface area is 125 Å². The normalized spacial score (nSPS) is 24.1. The van der Waals surface area contributed by atoms with Crippen molar-refractivity contribution in [1.29, 1.82) is 0 Å². The van der Waals surface area contributed by atoms with Crippen LogP contribution in [0.25, 0.3) is 0 Å². The number of likely N-dealkylation sites (tertiary alicyclic amines) is 1. The first-order chi connectivity index (χ1) is 10.1. The van der Waals surface area contributed by atoms with Gasteiger partial charge in [0.1, 0.15) is 0 Å². The number of hydrogen-bond donors (Lipinski definition) is 1. The average Bonchev–Trinajstić information content (AvgIpc) is 2.48. The highest BCUT2D eigenvalue weighted by molar-refractivity contribution is 5.26. The van der Waals surface area contributed by atoms with E-state index < -0.39 is 5.92 Å². The summed E-state index contributed by atoms with van der Waals surface area (Å²) in [6.07, 6.45) is 3.02. The Balaban J connectivity index is 1.59. The standard InChI is InChI=1S/C17H24F2N2/c18-17(19)8-1-11-21(13-17)12-14-2-4-15(5-3-14)16-6-9-20-10-7-16/h2-5,16,20H,1,6-13H2. The molecule has 0 spiro atoms. The lowest BCUT2D eigenvalue weighted by Gasteiger charge is -2.32. The summed E-state index contributed by atoms with van der Waals surface area (Å²) in [4.78, 5) is 1.88. The molecule has 2 aliphatic heterocycles. The third-order valence-electron chi connectivity index (χ3n) is 4.67. The summed E-state index contributed by atoms with van der Waals surface area (Å²) in [6, 6.07) is 8.61. The largest absolute Gasteiger partial charge is 0.317 e. The average molecular weight is 294 g/mol. The molecule has 3 rings (SSSR count). The zero-order valence-corrected chi connectivity index (χ0v) is 12.5. The summed E-state index contributed by atoms with van der Waals surface area (Å²) in [5.74, 6) is -1.85. The second-order valence-electron chi connectivity index (χ2n) is 6.44. The SMILES string of the molecule is FC1(F)CCCN(Cc2ccc(C3CCNCC3)cc2)C1. The van der Waals surface area contributed by atoms with Gasteiger partial charge in [-0.25, -0.2) is 8.78 Å². The van der Waals surface area contributed by atoms with E-state index in [1.165, 1.54) is 18.4 Å². The zero-order chi connectivity index (χ0) is 14.7. The van der Waals surface area contributed by atoms with E-state index in [-0.39, 0.29) is 13.0 Å². The number of benzene rings is 1. The molecule has 0 unspecified atom stereocenters. The minimum Gasteiger partial charge on any atom is -0.317 e. The van der Waals surface area contributed by atoms with E-state index in [1.807, 2.05) is 4.90 Å². The Morgan fingerprint density at radius 1 is 1.14 bits per heavy atom. The van der Waals surface area contributed by atoms with Gasteiger partial charge in [0.05, 0.1) is 6.54 Å². The van der Waals surface area contributed by atoms with Crippen molar-refractivity contribution in [3.63, 3.8) is 0 Å². The maximum atomic E-state index is 13.4. The van der Waals surface area contributed by atoms with Crippen LogP contribution in [0.2, 0.25) is 0 Å². The van der Waals surface area contributed by atoms with Gasteiger partial charge in [-0.3, -0.25) is 4.90 Å². The minimum atomic E-state index is -2.51. The number of nitrogens with zero attached hydrogens (tertiary/aromatic N) is 1. The number of halogens is 2. The Morgan fingerprint density at radius 3 is 2.52 bits per heavy atom. The highest BCUT2D eigenvalue weighted by Gasteiger charge is 2.34. The molecule has 0 bridgehead atoms. The molecule has 2 aliphatic rings. The van der Waals surface area contributed by atoms with Crippen molar-refractivity contribution < 1.29 is 8.78 Å². The maximum Gasteiger partial charge on any atom is 0.260 e. The number of hydrogen-bond acceptors (Lipinski definition) is 2. The molecule has 4 heteroatoms. The van der Waals surface area contributed by atoms with Crippen LogP contribution in [0, 0.1) is 0 Å². The number of rotatable bonds is 3. The van der Waals surface area contributed by atoms with Crippen LogP contribution in [-0.2, 0) is 6.54 Å². The summed E-state index contributed by atoms with van der Waals surface area (Å²) >= 11 is 0. The number of alkyl halides is 2. The van der Waals surface area contributed by atoms with Crippen LogP contribution < -0.4 is 5.32 Å². The molecule has 0 atom stereocenters. The van der Waals surface area contributed by atoms with Crippen molar-refractivity contribution >= 4 is 0 Å². The van der Waals surface area contributed by atoms with Crippen molar-refractivity contribution in [2.45, 2.75) is 44.1 Å². The first-order valence-corrected chi connectivity index (χ1v) is 8.02. The Kier molecular flexibility index (Phi) is 4.55. The fourth-order valence-corrected chi connectivity index (χ4v) is 3.49. The van der Waals surface area contributed by atoms with Crippen molar-refractivity contribution in [2.24, 2.45) is 0 Å². The van der Waals surface area contributed by atoms with E-state index >= 15 is 0 Å². The Hall–Kier alpha value is -1.00. The van der Waals surface area contributed by atoms with Gasteiger partial charge >= 0.3 is 0 Å². The van der Waals surface area contributed by atoms with Crippen LogP contribution in [0.15, 0.2) is 24.3 Å². The molecule has 1 N–H and O–H groups in total. The van der Waals surface area contributed by atoms with Crippen LogP contribution in [0.1, 0.15) is 42.7 Å². The van der Waals surface area contributed by atoms with Crippen molar-refractivity contribution in [2.75, 3.05) is 26.2 Å². The summed E-state index contributed by atoms with van der Waals surface area (Å²) in [6.45, 7) is 3.52. The van der Waals surface area contributed by atoms with E-state index in [2.05, 4.69) is 29.6 Å². The Bertz CT molecular complexity index is 452. The van der Waals surface area contributed by atoms with Crippen LogP contribution in [0.5, 0.6) is 0 Å². The van der Waals surface area contributed by atoms with Gasteiger partial charge < -0.3 is 5.32 Å². The first kappa shape index (κ1) is 14.9.